The summed E-state index contributed by atoms with van der Waals surface area (Å²) in [6.07, 6.45) is 0.923. The number of benzene rings is 1. The number of methoxy groups -OCH3 is 1. The number of ether oxygens (including phenoxy) is 1. The largest absolute Gasteiger partial charge is 0.497 e. The van der Waals surface area contributed by atoms with Crippen molar-refractivity contribution in [3.63, 3.8) is 0 Å². The second-order valence-electron chi connectivity index (χ2n) is 5.51. The van der Waals surface area contributed by atoms with E-state index in [0.29, 0.717) is 24.5 Å². The Kier molecular flexibility index (Phi) is 6.44. The average Bonchev–Trinajstić information content (AvgIpc) is 2.93. The zero-order chi connectivity index (χ0) is 17.5. The number of carbonyl (C=O) groups excluding carboxylic acids is 1. The van der Waals surface area contributed by atoms with Crippen LogP contribution < -0.4 is 15.0 Å². The van der Waals surface area contributed by atoms with Crippen molar-refractivity contribution < 1.29 is 14.4 Å². The van der Waals surface area contributed by atoms with E-state index in [9.17, 15) is 4.79 Å². The molecule has 2 rings (SSSR count). The Hall–Kier alpha value is -2.26. The first kappa shape index (κ1) is 18.1. The van der Waals surface area contributed by atoms with Crippen molar-refractivity contribution in [2.75, 3.05) is 27.2 Å². The van der Waals surface area contributed by atoms with Gasteiger partial charge in [-0.25, -0.2) is 0 Å². The number of quaternary nitrogens is 1. The Balaban J connectivity index is 2.03. The van der Waals surface area contributed by atoms with Crippen LogP contribution >= 0.6 is 12.2 Å². The molecule has 0 aliphatic heterocycles. The molecule has 0 saturated heterocycles. The Morgan fingerprint density at radius 2 is 2.04 bits per heavy atom. The molecule has 9 heteroatoms. The summed E-state index contributed by atoms with van der Waals surface area (Å²) < 4.78 is 8.82. The molecule has 0 bridgehead atoms. The van der Waals surface area contributed by atoms with Crippen LogP contribution in [0.25, 0.3) is 5.69 Å². The number of nitrogens with zero attached hydrogens (tertiary/aromatic N) is 4. The highest BCUT2D eigenvalue weighted by molar-refractivity contribution is 7.71. The van der Waals surface area contributed by atoms with Crippen molar-refractivity contribution in [3.8, 4) is 11.4 Å². The third kappa shape index (κ3) is 4.62. The fraction of sp³-hybridized carbons (Fsp3) is 0.467. The molecule has 0 fully saturated rings. The van der Waals surface area contributed by atoms with Crippen molar-refractivity contribution >= 4 is 18.1 Å². The van der Waals surface area contributed by atoms with Gasteiger partial charge in [-0.05, 0) is 53.3 Å². The summed E-state index contributed by atoms with van der Waals surface area (Å²) in [5, 5.41) is 11.0. The molecule has 1 aromatic heterocycles. The molecule has 0 radical (unpaired) electrons. The number of hydrogen-bond donors (Lipinski definition) is 2. The lowest BCUT2D eigenvalue weighted by Crippen LogP contribution is -3.09. The van der Waals surface area contributed by atoms with Crippen LogP contribution in [0.15, 0.2) is 24.3 Å². The van der Waals surface area contributed by atoms with Crippen molar-refractivity contribution in [1.29, 1.82) is 0 Å². The van der Waals surface area contributed by atoms with Crippen LogP contribution in [0.3, 0.4) is 0 Å². The molecule has 1 amide bonds. The van der Waals surface area contributed by atoms with Gasteiger partial charge in [0.25, 0.3) is 5.91 Å². The SMILES string of the molecule is CCCNC(=O)C[NH+](C)Cn1nnn(-c2ccc(OC)cc2)c1=S. The van der Waals surface area contributed by atoms with Crippen LogP contribution in [-0.2, 0) is 11.5 Å². The van der Waals surface area contributed by atoms with Crippen LogP contribution in [0.4, 0.5) is 0 Å². The molecule has 1 aromatic carbocycles. The molecule has 0 aliphatic rings. The number of tetrazole rings is 1. The van der Waals surface area contributed by atoms with Gasteiger partial charge in [0.2, 0.25) is 4.77 Å². The summed E-state index contributed by atoms with van der Waals surface area (Å²) in [4.78, 5) is 12.7. The van der Waals surface area contributed by atoms with Crippen molar-refractivity contribution in [2.45, 2.75) is 20.0 Å². The van der Waals surface area contributed by atoms with Crippen LogP contribution in [0.1, 0.15) is 13.3 Å². The molecular weight excluding hydrogens is 328 g/mol. The average molecular weight is 351 g/mol. The monoisotopic (exact) mass is 351 g/mol. The van der Waals surface area contributed by atoms with E-state index in [2.05, 4.69) is 15.7 Å². The van der Waals surface area contributed by atoms with Crippen LogP contribution in [0.2, 0.25) is 0 Å². The predicted octanol–water partition coefficient (Wildman–Crippen LogP) is -0.195. The van der Waals surface area contributed by atoms with Gasteiger partial charge >= 0.3 is 0 Å². The molecule has 0 saturated carbocycles. The summed E-state index contributed by atoms with van der Waals surface area (Å²) in [5.74, 6) is 0.781. The van der Waals surface area contributed by atoms with Gasteiger partial charge in [0, 0.05) is 6.54 Å². The maximum Gasteiger partial charge on any atom is 0.275 e. The summed E-state index contributed by atoms with van der Waals surface area (Å²) in [6, 6.07) is 7.40. The van der Waals surface area contributed by atoms with Gasteiger partial charge in [-0.2, -0.15) is 9.36 Å². The van der Waals surface area contributed by atoms with Gasteiger partial charge in [0.15, 0.2) is 13.2 Å². The van der Waals surface area contributed by atoms with Crippen molar-refractivity contribution in [3.05, 3.63) is 29.0 Å². The standard InChI is InChI=1S/C15H22N6O2S/c1-4-9-16-14(22)10-19(2)11-20-15(24)21(18-17-20)12-5-7-13(23-3)8-6-12/h5-8H,4,9-11H2,1-3H3,(H,16,22)/p+1. The Labute approximate surface area is 146 Å². The Morgan fingerprint density at radius 1 is 1.33 bits per heavy atom. The van der Waals surface area contributed by atoms with Gasteiger partial charge < -0.3 is 15.0 Å². The molecule has 1 heterocycles. The van der Waals surface area contributed by atoms with Gasteiger partial charge in [-0.15, -0.1) is 0 Å². The van der Waals surface area contributed by atoms with E-state index in [0.717, 1.165) is 22.8 Å². The summed E-state index contributed by atoms with van der Waals surface area (Å²) in [5.41, 5.74) is 0.811. The predicted molar refractivity (Wildman–Crippen MR) is 91.8 cm³/mol. The Morgan fingerprint density at radius 3 is 2.67 bits per heavy atom. The highest BCUT2D eigenvalue weighted by atomic mass is 32.1. The third-order valence-corrected chi connectivity index (χ3v) is 3.79. The van der Waals surface area contributed by atoms with Gasteiger partial charge in [-0.3, -0.25) is 4.79 Å². The molecule has 2 N–H and O–H groups in total. The second kappa shape index (κ2) is 8.55. The number of nitrogens with one attached hydrogen (secondary N) is 2. The minimum absolute atomic E-state index is 0.0171. The lowest BCUT2D eigenvalue weighted by molar-refractivity contribution is -0.895. The fourth-order valence-corrected chi connectivity index (χ4v) is 2.41. The molecule has 0 aliphatic carbocycles. The zero-order valence-electron chi connectivity index (χ0n) is 14.2. The van der Waals surface area contributed by atoms with Gasteiger partial charge in [0.1, 0.15) is 5.75 Å². The fourth-order valence-electron chi connectivity index (χ4n) is 2.17. The zero-order valence-corrected chi connectivity index (χ0v) is 15.0. The highest BCUT2D eigenvalue weighted by Crippen LogP contribution is 2.14. The van der Waals surface area contributed by atoms with E-state index in [1.807, 2.05) is 38.2 Å². The first-order chi connectivity index (χ1) is 11.5. The molecule has 1 atom stereocenters. The summed E-state index contributed by atoms with van der Waals surface area (Å²) in [7, 11) is 3.53. The van der Waals surface area contributed by atoms with E-state index in [1.54, 1.807) is 16.5 Å². The normalized spacial score (nSPS) is 12.0. The van der Waals surface area contributed by atoms with E-state index in [1.165, 1.54) is 0 Å². The first-order valence-corrected chi connectivity index (χ1v) is 8.21. The lowest BCUT2D eigenvalue weighted by Gasteiger charge is -2.12. The molecule has 130 valence electrons. The van der Waals surface area contributed by atoms with Gasteiger partial charge in [0.05, 0.1) is 19.8 Å². The smallest absolute Gasteiger partial charge is 0.275 e. The second-order valence-corrected chi connectivity index (χ2v) is 5.88. The van der Waals surface area contributed by atoms with E-state index >= 15 is 0 Å². The van der Waals surface area contributed by atoms with Gasteiger partial charge in [-0.1, -0.05) is 6.92 Å². The van der Waals surface area contributed by atoms with E-state index in [-0.39, 0.29) is 5.91 Å². The van der Waals surface area contributed by atoms with Crippen LogP contribution in [0, 0.1) is 4.77 Å². The number of hydrogen-bond acceptors (Lipinski definition) is 5. The molecule has 24 heavy (non-hydrogen) atoms. The minimum Gasteiger partial charge on any atom is -0.497 e. The number of rotatable bonds is 8. The van der Waals surface area contributed by atoms with Crippen LogP contribution in [0.5, 0.6) is 5.75 Å². The number of aromatic nitrogens is 4. The number of likely N-dealkylation sites (N-methyl/N-ethyl adjacent to an activating group) is 1. The molecule has 2 aromatic rings. The van der Waals surface area contributed by atoms with Crippen molar-refractivity contribution in [2.24, 2.45) is 0 Å². The highest BCUT2D eigenvalue weighted by Gasteiger charge is 2.13. The minimum atomic E-state index is 0.0171. The molecular formula is C15H23N6O2S+. The maximum atomic E-state index is 11.8. The maximum absolute atomic E-state index is 11.8. The quantitative estimate of drug-likeness (QED) is 0.645. The molecule has 0 spiro atoms. The van der Waals surface area contributed by atoms with Crippen LogP contribution in [-0.4, -0.2) is 52.9 Å². The molecule has 1 unspecified atom stereocenters. The van der Waals surface area contributed by atoms with E-state index < -0.39 is 0 Å². The summed E-state index contributed by atoms with van der Waals surface area (Å²) >= 11 is 5.43. The van der Waals surface area contributed by atoms with E-state index in [4.69, 9.17) is 17.0 Å². The third-order valence-electron chi connectivity index (χ3n) is 3.41. The Bertz CT molecular complexity index is 724. The number of carbonyl (C=O) groups is 1. The summed E-state index contributed by atoms with van der Waals surface area (Å²) in [6.45, 7) is 3.54. The number of amides is 1. The van der Waals surface area contributed by atoms with Crippen molar-refractivity contribution in [1.82, 2.24) is 25.1 Å². The molecule has 8 nitrogen and oxygen atoms in total. The topological polar surface area (TPSA) is 78.4 Å². The first-order valence-electron chi connectivity index (χ1n) is 7.80. The lowest BCUT2D eigenvalue weighted by atomic mass is 10.3.